The smallest absolute Gasteiger partial charge is 0.221 e. The van der Waals surface area contributed by atoms with E-state index in [1.165, 1.54) is 25.7 Å². The van der Waals surface area contributed by atoms with Crippen molar-refractivity contribution in [2.75, 3.05) is 13.1 Å². The van der Waals surface area contributed by atoms with Gasteiger partial charge in [-0.1, -0.05) is 49.4 Å². The van der Waals surface area contributed by atoms with Gasteiger partial charge in [0.1, 0.15) is 0 Å². The van der Waals surface area contributed by atoms with Gasteiger partial charge >= 0.3 is 0 Å². The van der Waals surface area contributed by atoms with Gasteiger partial charge in [0.05, 0.1) is 0 Å². The number of rotatable bonds is 7. The lowest BCUT2D eigenvalue weighted by molar-refractivity contribution is -0.132. The second kappa shape index (κ2) is 10.4. The Bertz CT molecular complexity index is 569. The van der Waals surface area contributed by atoms with E-state index in [2.05, 4.69) is 5.32 Å². The van der Waals surface area contributed by atoms with Crippen molar-refractivity contribution in [2.45, 2.75) is 64.3 Å². The van der Waals surface area contributed by atoms with Gasteiger partial charge in [0.25, 0.3) is 0 Å². The van der Waals surface area contributed by atoms with E-state index in [0.29, 0.717) is 30.6 Å². The standard InChI is InChI=1S/C20H29ClN2O2/c1-16(24)23(19-9-4-2-3-5-10-19)14-12-20(25)22-13-11-17-7-6-8-18(21)15-17/h6-8,15,19H,2-5,9-14H2,1H3,(H,22,25). The first-order chi connectivity index (χ1) is 12.1. The van der Waals surface area contributed by atoms with Gasteiger partial charge in [0, 0.05) is 37.5 Å². The van der Waals surface area contributed by atoms with Gasteiger partial charge in [-0.05, 0) is 37.0 Å². The molecule has 4 nitrogen and oxygen atoms in total. The third-order valence-electron chi connectivity index (χ3n) is 4.87. The highest BCUT2D eigenvalue weighted by Gasteiger charge is 2.22. The molecule has 5 heteroatoms. The fourth-order valence-corrected chi connectivity index (χ4v) is 3.73. The van der Waals surface area contributed by atoms with Crippen LogP contribution >= 0.6 is 11.6 Å². The van der Waals surface area contributed by atoms with Crippen molar-refractivity contribution in [1.29, 1.82) is 0 Å². The fraction of sp³-hybridized carbons (Fsp3) is 0.600. The second-order valence-corrected chi connectivity index (χ2v) is 7.27. The number of nitrogens with one attached hydrogen (secondary N) is 1. The molecular weight excluding hydrogens is 336 g/mol. The number of carbonyl (C=O) groups excluding carboxylic acids is 2. The van der Waals surface area contributed by atoms with E-state index in [0.717, 1.165) is 24.8 Å². The van der Waals surface area contributed by atoms with Crippen molar-refractivity contribution < 1.29 is 9.59 Å². The van der Waals surface area contributed by atoms with Gasteiger partial charge in [-0.15, -0.1) is 0 Å². The predicted octanol–water partition coefficient (Wildman–Crippen LogP) is 3.96. The summed E-state index contributed by atoms with van der Waals surface area (Å²) in [5.41, 5.74) is 1.11. The predicted molar refractivity (Wildman–Crippen MR) is 102 cm³/mol. The SMILES string of the molecule is CC(=O)N(CCC(=O)NCCc1cccc(Cl)c1)C1CCCCCC1. The summed E-state index contributed by atoms with van der Waals surface area (Å²) in [7, 11) is 0. The van der Waals surface area contributed by atoms with Crippen molar-refractivity contribution in [2.24, 2.45) is 0 Å². The van der Waals surface area contributed by atoms with Gasteiger partial charge in [0.15, 0.2) is 0 Å². The van der Waals surface area contributed by atoms with E-state index in [-0.39, 0.29) is 11.8 Å². The Morgan fingerprint density at radius 2 is 1.92 bits per heavy atom. The van der Waals surface area contributed by atoms with Crippen molar-refractivity contribution in [1.82, 2.24) is 10.2 Å². The van der Waals surface area contributed by atoms with E-state index < -0.39 is 0 Å². The van der Waals surface area contributed by atoms with Crippen molar-refractivity contribution >= 4 is 23.4 Å². The maximum absolute atomic E-state index is 12.1. The lowest BCUT2D eigenvalue weighted by Gasteiger charge is -2.30. The normalized spacial score (nSPS) is 15.4. The number of carbonyl (C=O) groups is 2. The highest BCUT2D eigenvalue weighted by Crippen LogP contribution is 2.22. The largest absolute Gasteiger partial charge is 0.356 e. The van der Waals surface area contributed by atoms with Crippen LogP contribution in [0, 0.1) is 0 Å². The topological polar surface area (TPSA) is 49.4 Å². The first-order valence-corrected chi connectivity index (χ1v) is 9.72. The van der Waals surface area contributed by atoms with Crippen LogP contribution in [0.25, 0.3) is 0 Å². The number of halogens is 1. The van der Waals surface area contributed by atoms with Crippen LogP contribution in [0.5, 0.6) is 0 Å². The minimum Gasteiger partial charge on any atom is -0.356 e. The number of benzene rings is 1. The lowest BCUT2D eigenvalue weighted by atomic mass is 10.1. The Morgan fingerprint density at radius 1 is 1.20 bits per heavy atom. The molecule has 0 radical (unpaired) electrons. The summed E-state index contributed by atoms with van der Waals surface area (Å²) in [6, 6.07) is 7.97. The summed E-state index contributed by atoms with van der Waals surface area (Å²) >= 11 is 5.96. The van der Waals surface area contributed by atoms with E-state index in [9.17, 15) is 9.59 Å². The van der Waals surface area contributed by atoms with Gasteiger partial charge in [0.2, 0.25) is 11.8 Å². The van der Waals surface area contributed by atoms with E-state index in [1.54, 1.807) is 6.92 Å². The first-order valence-electron chi connectivity index (χ1n) is 9.34. The van der Waals surface area contributed by atoms with Crippen LogP contribution in [-0.4, -0.2) is 35.8 Å². The van der Waals surface area contributed by atoms with Crippen LogP contribution in [0.2, 0.25) is 5.02 Å². The highest BCUT2D eigenvalue weighted by molar-refractivity contribution is 6.30. The Kier molecular flexibility index (Phi) is 8.26. The Labute approximate surface area is 155 Å². The van der Waals surface area contributed by atoms with Crippen molar-refractivity contribution in [3.05, 3.63) is 34.9 Å². The highest BCUT2D eigenvalue weighted by atomic mass is 35.5. The van der Waals surface area contributed by atoms with Crippen molar-refractivity contribution in [3.8, 4) is 0 Å². The fourth-order valence-electron chi connectivity index (χ4n) is 3.52. The molecule has 0 saturated heterocycles. The molecule has 1 aliphatic carbocycles. The molecule has 0 aromatic heterocycles. The molecule has 1 fully saturated rings. The number of amides is 2. The summed E-state index contributed by atoms with van der Waals surface area (Å²) in [5.74, 6) is 0.0838. The molecule has 2 rings (SSSR count). The molecule has 25 heavy (non-hydrogen) atoms. The molecule has 1 saturated carbocycles. The van der Waals surface area contributed by atoms with Crippen LogP contribution in [-0.2, 0) is 16.0 Å². The average Bonchev–Trinajstić information content (AvgIpc) is 2.84. The van der Waals surface area contributed by atoms with Crippen LogP contribution in [0.4, 0.5) is 0 Å². The third-order valence-corrected chi connectivity index (χ3v) is 5.11. The minimum absolute atomic E-state index is 0.00176. The molecule has 138 valence electrons. The van der Waals surface area contributed by atoms with Crippen molar-refractivity contribution in [3.63, 3.8) is 0 Å². The zero-order chi connectivity index (χ0) is 18.1. The van der Waals surface area contributed by atoms with Gasteiger partial charge < -0.3 is 10.2 Å². The molecule has 0 heterocycles. The molecule has 1 aliphatic rings. The maximum Gasteiger partial charge on any atom is 0.221 e. The summed E-state index contributed by atoms with van der Waals surface area (Å²) in [4.78, 5) is 26.0. The minimum atomic E-state index is 0.00176. The zero-order valence-corrected chi connectivity index (χ0v) is 15.9. The molecule has 0 bridgehead atoms. The second-order valence-electron chi connectivity index (χ2n) is 6.84. The summed E-state index contributed by atoms with van der Waals surface area (Å²) < 4.78 is 0. The zero-order valence-electron chi connectivity index (χ0n) is 15.1. The monoisotopic (exact) mass is 364 g/mol. The molecule has 2 amide bonds. The Hall–Kier alpha value is -1.55. The lowest BCUT2D eigenvalue weighted by Crippen LogP contribution is -2.41. The maximum atomic E-state index is 12.1. The average molecular weight is 365 g/mol. The molecule has 0 unspecified atom stereocenters. The summed E-state index contributed by atoms with van der Waals surface area (Å²) in [6.07, 6.45) is 8.13. The third kappa shape index (κ3) is 7.07. The number of hydrogen-bond acceptors (Lipinski definition) is 2. The molecule has 1 aromatic carbocycles. The molecule has 0 aliphatic heterocycles. The molecular formula is C20H29ClN2O2. The van der Waals surface area contributed by atoms with E-state index in [4.69, 9.17) is 11.6 Å². The van der Waals surface area contributed by atoms with Gasteiger partial charge in [-0.25, -0.2) is 0 Å². The van der Waals surface area contributed by atoms with Gasteiger partial charge in [-0.3, -0.25) is 9.59 Å². The van der Waals surface area contributed by atoms with Crippen LogP contribution in [0.1, 0.15) is 57.4 Å². The quantitative estimate of drug-likeness (QED) is 0.744. The van der Waals surface area contributed by atoms with Gasteiger partial charge in [-0.2, -0.15) is 0 Å². The summed E-state index contributed by atoms with van der Waals surface area (Å²) in [5, 5.41) is 3.65. The Balaban J connectivity index is 1.73. The number of hydrogen-bond donors (Lipinski definition) is 1. The van der Waals surface area contributed by atoms with Crippen LogP contribution < -0.4 is 5.32 Å². The number of nitrogens with zero attached hydrogens (tertiary/aromatic N) is 1. The van der Waals surface area contributed by atoms with Crippen LogP contribution in [0.3, 0.4) is 0 Å². The van der Waals surface area contributed by atoms with E-state index >= 15 is 0 Å². The Morgan fingerprint density at radius 3 is 2.56 bits per heavy atom. The first kappa shape index (κ1) is 19.8. The molecule has 1 N–H and O–H groups in total. The van der Waals surface area contributed by atoms with E-state index in [1.807, 2.05) is 29.2 Å². The molecule has 1 aromatic rings. The van der Waals surface area contributed by atoms with Crippen LogP contribution in [0.15, 0.2) is 24.3 Å². The molecule has 0 atom stereocenters. The molecule has 0 spiro atoms. The summed E-state index contributed by atoms with van der Waals surface area (Å²) in [6.45, 7) is 2.72.